The van der Waals surface area contributed by atoms with Gasteiger partial charge < -0.3 is 5.11 Å². The van der Waals surface area contributed by atoms with E-state index >= 15 is 0 Å². The van der Waals surface area contributed by atoms with E-state index < -0.39 is 5.97 Å². The van der Waals surface area contributed by atoms with Crippen molar-refractivity contribution in [2.75, 3.05) is 6.16 Å². The van der Waals surface area contributed by atoms with E-state index in [0.29, 0.717) is 0 Å². The first-order chi connectivity index (χ1) is 4.72. The highest BCUT2D eigenvalue weighted by Gasteiger charge is 2.12. The summed E-state index contributed by atoms with van der Waals surface area (Å²) in [4.78, 5) is 10.4. The molecule has 0 aromatic heterocycles. The predicted molar refractivity (Wildman–Crippen MR) is 48.9 cm³/mol. The SMILES string of the molecule is CCC(CCPP)C(=O)O. The predicted octanol–water partition coefficient (Wildman–Crippen LogP) is 1.96. The molecule has 0 spiro atoms. The lowest BCUT2D eigenvalue weighted by molar-refractivity contribution is -0.141. The van der Waals surface area contributed by atoms with E-state index in [4.69, 9.17) is 5.11 Å². The molecule has 0 aliphatic carbocycles. The van der Waals surface area contributed by atoms with Crippen molar-refractivity contribution in [3.63, 3.8) is 0 Å². The first-order valence-electron chi connectivity index (χ1n) is 3.38. The Morgan fingerprint density at radius 3 is 2.70 bits per heavy atom. The third kappa shape index (κ3) is 4.19. The van der Waals surface area contributed by atoms with Gasteiger partial charge in [-0.15, -0.1) is 17.2 Å². The second-order valence-corrected chi connectivity index (χ2v) is 4.32. The number of carboxylic acids is 1. The van der Waals surface area contributed by atoms with Crippen LogP contribution in [0.2, 0.25) is 0 Å². The van der Waals surface area contributed by atoms with Gasteiger partial charge >= 0.3 is 5.97 Å². The van der Waals surface area contributed by atoms with Crippen LogP contribution in [0.3, 0.4) is 0 Å². The number of aliphatic carboxylic acids is 1. The summed E-state index contributed by atoms with van der Waals surface area (Å²) in [5.41, 5.74) is 0. The third-order valence-corrected chi connectivity index (χ3v) is 2.92. The molecule has 1 N–H and O–H groups in total. The van der Waals surface area contributed by atoms with Crippen molar-refractivity contribution in [2.24, 2.45) is 5.92 Å². The van der Waals surface area contributed by atoms with Crippen LogP contribution in [0, 0.1) is 5.92 Å². The topological polar surface area (TPSA) is 37.3 Å². The Balaban J connectivity index is 3.50. The fourth-order valence-corrected chi connectivity index (χ4v) is 1.77. The highest BCUT2D eigenvalue weighted by atomic mass is 32.0. The van der Waals surface area contributed by atoms with E-state index in [1.807, 2.05) is 6.92 Å². The van der Waals surface area contributed by atoms with Gasteiger partial charge in [-0.1, -0.05) is 6.92 Å². The summed E-state index contributed by atoms with van der Waals surface area (Å²) < 4.78 is 0. The molecule has 0 aromatic rings. The van der Waals surface area contributed by atoms with E-state index in [0.717, 1.165) is 27.3 Å². The molecule has 10 heavy (non-hydrogen) atoms. The van der Waals surface area contributed by atoms with Gasteiger partial charge in [0.1, 0.15) is 0 Å². The van der Waals surface area contributed by atoms with Crippen LogP contribution in [0.1, 0.15) is 19.8 Å². The summed E-state index contributed by atoms with van der Waals surface area (Å²) in [5, 5.41) is 8.60. The number of hydrogen-bond acceptors (Lipinski definition) is 1. The van der Waals surface area contributed by atoms with Gasteiger partial charge in [-0.3, -0.25) is 4.79 Å². The molecule has 0 aliphatic heterocycles. The maximum Gasteiger partial charge on any atom is 0.306 e. The molecule has 0 fully saturated rings. The van der Waals surface area contributed by atoms with Crippen LogP contribution < -0.4 is 0 Å². The van der Waals surface area contributed by atoms with Crippen molar-refractivity contribution >= 4 is 23.2 Å². The zero-order valence-corrected chi connectivity index (χ0v) is 8.29. The Bertz CT molecular complexity index is 106. The molecular formula is C6H14O2P2. The number of carbonyl (C=O) groups is 1. The maximum atomic E-state index is 10.4. The van der Waals surface area contributed by atoms with Crippen molar-refractivity contribution in [1.29, 1.82) is 0 Å². The first-order valence-corrected chi connectivity index (χ1v) is 6.40. The molecule has 2 nitrogen and oxygen atoms in total. The van der Waals surface area contributed by atoms with Gasteiger partial charge in [-0.05, 0) is 19.0 Å². The van der Waals surface area contributed by atoms with Gasteiger partial charge in [-0.2, -0.15) is 0 Å². The molecule has 60 valence electrons. The molecule has 0 amide bonds. The van der Waals surface area contributed by atoms with Crippen LogP contribution in [0.15, 0.2) is 0 Å². The molecule has 0 bridgehead atoms. The largest absolute Gasteiger partial charge is 0.481 e. The molecule has 0 aliphatic rings. The average Bonchev–Trinajstić information content (AvgIpc) is 1.89. The van der Waals surface area contributed by atoms with Gasteiger partial charge in [0.2, 0.25) is 0 Å². The minimum absolute atomic E-state index is 0.118. The second-order valence-electron chi connectivity index (χ2n) is 2.19. The lowest BCUT2D eigenvalue weighted by Crippen LogP contribution is -2.12. The smallest absolute Gasteiger partial charge is 0.306 e. The van der Waals surface area contributed by atoms with E-state index in [9.17, 15) is 4.79 Å². The molecular weight excluding hydrogens is 166 g/mol. The zero-order chi connectivity index (χ0) is 7.98. The van der Waals surface area contributed by atoms with Gasteiger partial charge in [0.05, 0.1) is 5.92 Å². The van der Waals surface area contributed by atoms with Crippen molar-refractivity contribution in [3.8, 4) is 0 Å². The molecule has 0 saturated heterocycles. The number of carboxylic acid groups (broad SMARTS) is 1. The standard InChI is InChI=1S/C6H14O2P2/c1-2-5(6(7)8)3-4-10-9/h5,10H,2-4,9H2,1H3,(H,7,8). The maximum absolute atomic E-state index is 10.4. The Morgan fingerprint density at radius 2 is 2.40 bits per heavy atom. The lowest BCUT2D eigenvalue weighted by Gasteiger charge is -2.06. The lowest BCUT2D eigenvalue weighted by atomic mass is 10.0. The monoisotopic (exact) mass is 180 g/mol. The summed E-state index contributed by atoms with van der Waals surface area (Å²) in [7, 11) is 3.43. The minimum atomic E-state index is -0.647. The number of hydrogen-bond donors (Lipinski definition) is 1. The molecule has 0 rings (SSSR count). The van der Waals surface area contributed by atoms with Crippen LogP contribution in [-0.2, 0) is 4.79 Å². The highest BCUT2D eigenvalue weighted by Crippen LogP contribution is 2.23. The average molecular weight is 180 g/mol. The zero-order valence-electron chi connectivity index (χ0n) is 6.13. The molecule has 0 heterocycles. The summed E-state index contributed by atoms with van der Waals surface area (Å²) >= 11 is 0. The molecule has 4 heteroatoms. The Morgan fingerprint density at radius 1 is 1.80 bits per heavy atom. The summed E-state index contributed by atoms with van der Waals surface area (Å²) in [6.07, 6.45) is 2.60. The van der Waals surface area contributed by atoms with Crippen LogP contribution in [0.5, 0.6) is 0 Å². The van der Waals surface area contributed by atoms with E-state index in [1.165, 1.54) is 0 Å². The molecule has 0 radical (unpaired) electrons. The third-order valence-electron chi connectivity index (χ3n) is 1.48. The van der Waals surface area contributed by atoms with E-state index in [-0.39, 0.29) is 5.92 Å². The molecule has 0 aromatic carbocycles. The van der Waals surface area contributed by atoms with Crippen molar-refractivity contribution in [3.05, 3.63) is 0 Å². The molecule has 3 unspecified atom stereocenters. The number of rotatable bonds is 5. The van der Waals surface area contributed by atoms with Crippen LogP contribution in [0.25, 0.3) is 0 Å². The highest BCUT2D eigenvalue weighted by molar-refractivity contribution is 8.02. The van der Waals surface area contributed by atoms with Crippen LogP contribution in [0.4, 0.5) is 0 Å². The summed E-state index contributed by atoms with van der Waals surface area (Å²) in [6, 6.07) is 0. The van der Waals surface area contributed by atoms with Crippen molar-refractivity contribution in [1.82, 2.24) is 0 Å². The van der Waals surface area contributed by atoms with Crippen molar-refractivity contribution in [2.45, 2.75) is 19.8 Å². The van der Waals surface area contributed by atoms with Crippen LogP contribution >= 0.6 is 17.2 Å². The minimum Gasteiger partial charge on any atom is -0.481 e. The fraction of sp³-hybridized carbons (Fsp3) is 0.833. The first kappa shape index (κ1) is 10.3. The van der Waals surface area contributed by atoms with Crippen LogP contribution in [-0.4, -0.2) is 17.2 Å². The normalized spacial score (nSPS) is 14.2. The second kappa shape index (κ2) is 6.07. The van der Waals surface area contributed by atoms with Gasteiger partial charge in [0.15, 0.2) is 0 Å². The fourth-order valence-electron chi connectivity index (χ4n) is 0.760. The van der Waals surface area contributed by atoms with E-state index in [1.54, 1.807) is 0 Å². The Hall–Kier alpha value is 0.330. The quantitative estimate of drug-likeness (QED) is 0.656. The molecule has 0 saturated carbocycles. The van der Waals surface area contributed by atoms with E-state index in [2.05, 4.69) is 8.93 Å². The Labute approximate surface area is 65.7 Å². The molecule has 3 atom stereocenters. The summed E-state index contributed by atoms with van der Waals surface area (Å²) in [6.45, 7) is 1.92. The van der Waals surface area contributed by atoms with Crippen molar-refractivity contribution < 1.29 is 9.90 Å². The van der Waals surface area contributed by atoms with Gasteiger partial charge in [0, 0.05) is 0 Å². The Kier molecular flexibility index (Phi) is 6.27. The summed E-state index contributed by atoms with van der Waals surface area (Å²) in [5.74, 6) is -0.765. The van der Waals surface area contributed by atoms with Gasteiger partial charge in [-0.25, -0.2) is 0 Å². The van der Waals surface area contributed by atoms with Gasteiger partial charge in [0.25, 0.3) is 0 Å².